The monoisotopic (exact) mass is 263 g/mol. The highest BCUT2D eigenvalue weighted by atomic mass is 35.5. The number of nitrogens with zero attached hydrogens (tertiary/aromatic N) is 2. The molecule has 96 valence electrons. The largest absolute Gasteiger partial charge is 0.329 e. The summed E-state index contributed by atoms with van der Waals surface area (Å²) in [6, 6.07) is 8.41. The fourth-order valence-electron chi connectivity index (χ4n) is 2.00. The molecule has 0 aliphatic carbocycles. The molecule has 3 nitrogen and oxygen atoms in total. The first-order valence-corrected chi connectivity index (χ1v) is 6.44. The third-order valence-electron chi connectivity index (χ3n) is 3.19. The Morgan fingerprint density at radius 2 is 1.89 bits per heavy atom. The lowest BCUT2D eigenvalue weighted by Crippen LogP contribution is -2.04. The quantitative estimate of drug-likeness (QED) is 0.923. The highest BCUT2D eigenvalue weighted by Crippen LogP contribution is 2.25. The second kappa shape index (κ2) is 5.12. The van der Waals surface area contributed by atoms with Crippen LogP contribution in [-0.2, 0) is 13.6 Å². The van der Waals surface area contributed by atoms with Gasteiger partial charge >= 0.3 is 0 Å². The van der Waals surface area contributed by atoms with Gasteiger partial charge in [-0.05, 0) is 11.5 Å². The molecule has 0 unspecified atom stereocenters. The number of benzene rings is 1. The molecule has 0 aliphatic rings. The van der Waals surface area contributed by atoms with Gasteiger partial charge in [0.15, 0.2) is 5.15 Å². The Bertz CT molecular complexity index is 541. The van der Waals surface area contributed by atoms with Gasteiger partial charge in [0.25, 0.3) is 0 Å². The van der Waals surface area contributed by atoms with Crippen LogP contribution in [0.1, 0.15) is 31.0 Å². The second-order valence-electron chi connectivity index (χ2n) is 4.71. The van der Waals surface area contributed by atoms with Crippen LogP contribution in [0.3, 0.4) is 0 Å². The zero-order valence-corrected chi connectivity index (χ0v) is 11.7. The first-order valence-electron chi connectivity index (χ1n) is 6.06. The molecule has 0 fully saturated rings. The van der Waals surface area contributed by atoms with E-state index in [0.29, 0.717) is 17.6 Å². The smallest absolute Gasteiger partial charge is 0.152 e. The van der Waals surface area contributed by atoms with E-state index in [1.165, 1.54) is 5.56 Å². The molecular weight excluding hydrogens is 246 g/mol. The van der Waals surface area contributed by atoms with E-state index in [0.717, 1.165) is 17.1 Å². The first-order chi connectivity index (χ1) is 8.54. The zero-order chi connectivity index (χ0) is 13.3. The molecule has 4 heteroatoms. The lowest BCUT2D eigenvalue weighted by Gasteiger charge is -2.07. The van der Waals surface area contributed by atoms with Crippen molar-refractivity contribution >= 4 is 11.6 Å². The van der Waals surface area contributed by atoms with Gasteiger partial charge in [-0.15, -0.1) is 0 Å². The van der Waals surface area contributed by atoms with Gasteiger partial charge in [0.2, 0.25) is 0 Å². The van der Waals surface area contributed by atoms with Gasteiger partial charge in [0.1, 0.15) is 5.82 Å². The minimum Gasteiger partial charge on any atom is -0.329 e. The number of halogens is 1. The lowest BCUT2D eigenvalue weighted by molar-refractivity contribution is 0.828. The van der Waals surface area contributed by atoms with Crippen LogP contribution in [0.25, 0.3) is 11.4 Å². The molecule has 0 aliphatic heterocycles. The standard InChI is InChI=1S/C14H18ClN3/c1-9(2)10-4-6-11(7-5-10)14-17-13(15)12(8-16)18(14)3/h4-7,9H,8,16H2,1-3H3. The van der Waals surface area contributed by atoms with Gasteiger partial charge in [-0.1, -0.05) is 49.7 Å². The molecular formula is C14H18ClN3. The Morgan fingerprint density at radius 1 is 1.28 bits per heavy atom. The Labute approximate surface area is 113 Å². The lowest BCUT2D eigenvalue weighted by atomic mass is 10.0. The first kappa shape index (κ1) is 13.1. The Balaban J connectivity index is 2.43. The van der Waals surface area contributed by atoms with E-state index in [1.54, 1.807) is 0 Å². The number of rotatable bonds is 3. The molecule has 2 aromatic rings. The van der Waals surface area contributed by atoms with Crippen molar-refractivity contribution in [3.05, 3.63) is 40.7 Å². The fourth-order valence-corrected chi connectivity index (χ4v) is 2.28. The summed E-state index contributed by atoms with van der Waals surface area (Å²) in [5.74, 6) is 1.39. The van der Waals surface area contributed by atoms with Crippen LogP contribution in [0.2, 0.25) is 5.15 Å². The van der Waals surface area contributed by atoms with Gasteiger partial charge in [-0.2, -0.15) is 0 Å². The highest BCUT2D eigenvalue weighted by Gasteiger charge is 2.13. The van der Waals surface area contributed by atoms with Crippen molar-refractivity contribution < 1.29 is 0 Å². The SMILES string of the molecule is CC(C)c1ccc(-c2nc(Cl)c(CN)n2C)cc1. The van der Waals surface area contributed by atoms with E-state index in [2.05, 4.69) is 43.1 Å². The van der Waals surface area contributed by atoms with Crippen LogP contribution < -0.4 is 5.73 Å². The molecule has 0 bridgehead atoms. The van der Waals surface area contributed by atoms with Crippen LogP contribution in [-0.4, -0.2) is 9.55 Å². The molecule has 0 atom stereocenters. The topological polar surface area (TPSA) is 43.8 Å². The van der Waals surface area contributed by atoms with Crippen molar-refractivity contribution in [2.75, 3.05) is 0 Å². The van der Waals surface area contributed by atoms with E-state index >= 15 is 0 Å². The van der Waals surface area contributed by atoms with Crippen LogP contribution in [0, 0.1) is 0 Å². The van der Waals surface area contributed by atoms with Crippen molar-refractivity contribution in [3.8, 4) is 11.4 Å². The van der Waals surface area contributed by atoms with Gasteiger partial charge in [-0.25, -0.2) is 4.98 Å². The maximum Gasteiger partial charge on any atom is 0.152 e. The van der Waals surface area contributed by atoms with Gasteiger partial charge in [0.05, 0.1) is 5.69 Å². The van der Waals surface area contributed by atoms with Gasteiger partial charge < -0.3 is 10.3 Å². The molecule has 0 saturated carbocycles. The molecule has 1 heterocycles. The summed E-state index contributed by atoms with van der Waals surface area (Å²) < 4.78 is 1.95. The number of hydrogen-bond acceptors (Lipinski definition) is 2. The van der Waals surface area contributed by atoms with E-state index < -0.39 is 0 Å². The molecule has 2 rings (SSSR count). The molecule has 0 amide bonds. The molecule has 0 saturated heterocycles. The average molecular weight is 264 g/mol. The summed E-state index contributed by atoms with van der Waals surface area (Å²) in [6.07, 6.45) is 0. The highest BCUT2D eigenvalue weighted by molar-refractivity contribution is 6.30. The number of nitrogens with two attached hydrogens (primary N) is 1. The molecule has 0 radical (unpaired) electrons. The van der Waals surface area contributed by atoms with Crippen molar-refractivity contribution in [2.45, 2.75) is 26.3 Å². The fraction of sp³-hybridized carbons (Fsp3) is 0.357. The number of hydrogen-bond donors (Lipinski definition) is 1. The van der Waals surface area contributed by atoms with Crippen molar-refractivity contribution in [1.29, 1.82) is 0 Å². The average Bonchev–Trinajstić information content (AvgIpc) is 2.64. The minimum atomic E-state index is 0.395. The molecule has 1 aromatic heterocycles. The summed E-state index contributed by atoms with van der Waals surface area (Å²) in [7, 11) is 1.94. The maximum absolute atomic E-state index is 6.07. The van der Waals surface area contributed by atoms with Crippen molar-refractivity contribution in [3.63, 3.8) is 0 Å². The van der Waals surface area contributed by atoms with E-state index in [1.807, 2.05) is 11.6 Å². The predicted molar refractivity (Wildman–Crippen MR) is 75.6 cm³/mol. The third-order valence-corrected chi connectivity index (χ3v) is 3.50. The maximum atomic E-state index is 6.07. The summed E-state index contributed by atoms with van der Waals surface area (Å²) in [5.41, 5.74) is 8.90. The predicted octanol–water partition coefficient (Wildman–Crippen LogP) is 3.32. The van der Waals surface area contributed by atoms with Gasteiger partial charge in [-0.3, -0.25) is 0 Å². The Morgan fingerprint density at radius 3 is 2.33 bits per heavy atom. The normalized spacial score (nSPS) is 11.2. The van der Waals surface area contributed by atoms with Gasteiger partial charge in [0, 0.05) is 19.2 Å². The van der Waals surface area contributed by atoms with Crippen LogP contribution in [0.15, 0.2) is 24.3 Å². The minimum absolute atomic E-state index is 0.395. The Hall–Kier alpha value is -1.32. The van der Waals surface area contributed by atoms with Crippen molar-refractivity contribution in [2.24, 2.45) is 12.8 Å². The summed E-state index contributed by atoms with van der Waals surface area (Å²) in [5, 5.41) is 0.489. The summed E-state index contributed by atoms with van der Waals surface area (Å²) in [6.45, 7) is 4.75. The Kier molecular flexibility index (Phi) is 3.73. The van der Waals surface area contributed by atoms with Crippen LogP contribution in [0.5, 0.6) is 0 Å². The molecule has 2 N–H and O–H groups in total. The van der Waals surface area contributed by atoms with E-state index in [4.69, 9.17) is 17.3 Å². The van der Waals surface area contributed by atoms with E-state index in [9.17, 15) is 0 Å². The number of aromatic nitrogens is 2. The van der Waals surface area contributed by atoms with Crippen LogP contribution in [0.4, 0.5) is 0 Å². The van der Waals surface area contributed by atoms with Crippen molar-refractivity contribution in [1.82, 2.24) is 9.55 Å². The molecule has 1 aromatic carbocycles. The van der Waals surface area contributed by atoms with Crippen LogP contribution >= 0.6 is 11.6 Å². The third kappa shape index (κ3) is 2.28. The molecule has 0 spiro atoms. The zero-order valence-electron chi connectivity index (χ0n) is 10.9. The molecule has 18 heavy (non-hydrogen) atoms. The van der Waals surface area contributed by atoms with E-state index in [-0.39, 0.29) is 0 Å². The summed E-state index contributed by atoms with van der Waals surface area (Å²) in [4.78, 5) is 4.37. The summed E-state index contributed by atoms with van der Waals surface area (Å²) >= 11 is 6.07. The second-order valence-corrected chi connectivity index (χ2v) is 5.07. The number of imidazole rings is 1.